The Morgan fingerprint density at radius 1 is 1.10 bits per heavy atom. The molecule has 0 radical (unpaired) electrons. The van der Waals surface area contributed by atoms with E-state index in [1.165, 1.54) is 37.8 Å². The molecule has 1 rings (SSSR count). The van der Waals surface area contributed by atoms with Gasteiger partial charge in [-0.2, -0.15) is 5.10 Å². The second-order valence-electron chi connectivity index (χ2n) is 6.09. The molecule has 1 heterocycles. The summed E-state index contributed by atoms with van der Waals surface area (Å²) in [4.78, 5) is 0. The van der Waals surface area contributed by atoms with Crippen molar-refractivity contribution in [2.75, 3.05) is 6.54 Å². The number of rotatable bonds is 12. The van der Waals surface area contributed by atoms with E-state index in [1.54, 1.807) is 0 Å². The van der Waals surface area contributed by atoms with Crippen LogP contribution in [0.2, 0.25) is 0 Å². The minimum Gasteiger partial charge on any atom is -0.314 e. The van der Waals surface area contributed by atoms with E-state index in [9.17, 15) is 0 Å². The van der Waals surface area contributed by atoms with E-state index in [0.29, 0.717) is 12.1 Å². The van der Waals surface area contributed by atoms with Gasteiger partial charge in [-0.15, -0.1) is 0 Å². The van der Waals surface area contributed by atoms with Gasteiger partial charge in [-0.1, -0.05) is 34.1 Å². The number of nitrogens with one attached hydrogen (secondary N) is 1. The average Bonchev–Trinajstić information content (AvgIpc) is 2.95. The van der Waals surface area contributed by atoms with E-state index in [2.05, 4.69) is 50.0 Å². The zero-order valence-corrected chi connectivity index (χ0v) is 14.6. The van der Waals surface area contributed by atoms with Crippen LogP contribution in [0.15, 0.2) is 12.3 Å². The Morgan fingerprint density at radius 3 is 2.48 bits per heavy atom. The first kappa shape index (κ1) is 18.2. The molecule has 3 heteroatoms. The summed E-state index contributed by atoms with van der Waals surface area (Å²) >= 11 is 0. The second-order valence-corrected chi connectivity index (χ2v) is 6.09. The SMILES string of the molecule is CCCNC(CCC)CCCc1ccn(C(CC)CC)n1. The van der Waals surface area contributed by atoms with Gasteiger partial charge in [0.05, 0.1) is 11.7 Å². The Balaban J connectivity index is 2.36. The molecule has 1 N–H and O–H groups in total. The highest BCUT2D eigenvalue weighted by atomic mass is 15.3. The molecule has 1 aromatic heterocycles. The molecule has 0 aliphatic heterocycles. The number of aromatic nitrogens is 2. The van der Waals surface area contributed by atoms with Crippen LogP contribution in [0.4, 0.5) is 0 Å². The van der Waals surface area contributed by atoms with Crippen LogP contribution in [0.1, 0.15) is 84.4 Å². The lowest BCUT2D eigenvalue weighted by Crippen LogP contribution is -2.29. The topological polar surface area (TPSA) is 29.9 Å². The molecule has 0 spiro atoms. The lowest BCUT2D eigenvalue weighted by atomic mass is 10.0. The fourth-order valence-electron chi connectivity index (χ4n) is 2.95. The molecule has 0 saturated carbocycles. The highest BCUT2D eigenvalue weighted by Crippen LogP contribution is 2.15. The monoisotopic (exact) mass is 293 g/mol. The van der Waals surface area contributed by atoms with Crippen molar-refractivity contribution in [2.24, 2.45) is 0 Å². The predicted octanol–water partition coefficient (Wildman–Crippen LogP) is 4.74. The molecule has 0 amide bonds. The van der Waals surface area contributed by atoms with Crippen LogP contribution < -0.4 is 5.32 Å². The van der Waals surface area contributed by atoms with E-state index in [0.717, 1.165) is 25.8 Å². The van der Waals surface area contributed by atoms with E-state index in [1.807, 2.05) is 0 Å². The van der Waals surface area contributed by atoms with Gasteiger partial charge in [0.2, 0.25) is 0 Å². The molecule has 21 heavy (non-hydrogen) atoms. The van der Waals surface area contributed by atoms with Gasteiger partial charge in [0.25, 0.3) is 0 Å². The molecular weight excluding hydrogens is 258 g/mol. The van der Waals surface area contributed by atoms with Crippen molar-refractivity contribution in [2.45, 2.75) is 91.1 Å². The van der Waals surface area contributed by atoms with Gasteiger partial charge < -0.3 is 5.32 Å². The summed E-state index contributed by atoms with van der Waals surface area (Å²) in [6.45, 7) is 10.1. The van der Waals surface area contributed by atoms with Crippen molar-refractivity contribution in [1.82, 2.24) is 15.1 Å². The van der Waals surface area contributed by atoms with Crippen LogP contribution in [-0.2, 0) is 6.42 Å². The molecule has 122 valence electrons. The molecule has 0 fully saturated rings. The Kier molecular flexibility index (Phi) is 9.40. The van der Waals surface area contributed by atoms with E-state index in [-0.39, 0.29) is 0 Å². The first-order valence-electron chi connectivity index (χ1n) is 9.02. The predicted molar refractivity (Wildman–Crippen MR) is 91.8 cm³/mol. The van der Waals surface area contributed by atoms with Crippen LogP contribution in [0, 0.1) is 0 Å². The minimum atomic E-state index is 0.567. The third-order valence-corrected chi connectivity index (χ3v) is 4.29. The zero-order chi connectivity index (χ0) is 15.5. The maximum Gasteiger partial charge on any atom is 0.0624 e. The molecule has 0 bridgehead atoms. The molecule has 3 nitrogen and oxygen atoms in total. The lowest BCUT2D eigenvalue weighted by molar-refractivity contribution is 0.420. The fraction of sp³-hybridized carbons (Fsp3) is 0.833. The standard InChI is InChI=1S/C18H35N3/c1-5-10-16(19-14-6-2)11-9-12-17-13-15-21(20-17)18(7-3)8-4/h13,15-16,18-19H,5-12,14H2,1-4H3. The summed E-state index contributed by atoms with van der Waals surface area (Å²) in [6.07, 6.45) is 11.9. The molecule has 0 aromatic carbocycles. The first-order valence-corrected chi connectivity index (χ1v) is 9.02. The molecule has 0 aliphatic carbocycles. The van der Waals surface area contributed by atoms with Crippen LogP contribution >= 0.6 is 0 Å². The summed E-state index contributed by atoms with van der Waals surface area (Å²) in [5.41, 5.74) is 1.26. The van der Waals surface area contributed by atoms with Crippen molar-refractivity contribution >= 4 is 0 Å². The lowest BCUT2D eigenvalue weighted by Gasteiger charge is -2.17. The highest BCUT2D eigenvalue weighted by molar-refractivity contribution is 5.00. The normalized spacial score (nSPS) is 13.0. The first-order chi connectivity index (χ1) is 10.2. The van der Waals surface area contributed by atoms with Gasteiger partial charge in [-0.3, -0.25) is 4.68 Å². The summed E-state index contributed by atoms with van der Waals surface area (Å²) < 4.78 is 2.16. The second kappa shape index (κ2) is 10.8. The molecule has 1 unspecified atom stereocenters. The average molecular weight is 293 g/mol. The molecule has 0 aliphatic rings. The van der Waals surface area contributed by atoms with E-state index in [4.69, 9.17) is 5.10 Å². The van der Waals surface area contributed by atoms with Gasteiger partial charge >= 0.3 is 0 Å². The number of aryl methyl sites for hydroxylation is 1. The molecular formula is C18H35N3. The third kappa shape index (κ3) is 6.64. The zero-order valence-electron chi connectivity index (χ0n) is 14.6. The Labute approximate surface area is 131 Å². The van der Waals surface area contributed by atoms with Crippen LogP contribution in [0.25, 0.3) is 0 Å². The van der Waals surface area contributed by atoms with Crippen molar-refractivity contribution in [3.63, 3.8) is 0 Å². The smallest absolute Gasteiger partial charge is 0.0624 e. The largest absolute Gasteiger partial charge is 0.314 e. The van der Waals surface area contributed by atoms with Gasteiger partial charge in [-0.05, 0) is 57.6 Å². The third-order valence-electron chi connectivity index (χ3n) is 4.29. The van der Waals surface area contributed by atoms with E-state index >= 15 is 0 Å². The number of hydrogen-bond acceptors (Lipinski definition) is 2. The van der Waals surface area contributed by atoms with Gasteiger partial charge in [0.15, 0.2) is 0 Å². The van der Waals surface area contributed by atoms with Crippen molar-refractivity contribution < 1.29 is 0 Å². The van der Waals surface area contributed by atoms with E-state index < -0.39 is 0 Å². The van der Waals surface area contributed by atoms with Crippen molar-refractivity contribution in [1.29, 1.82) is 0 Å². The summed E-state index contributed by atoms with van der Waals surface area (Å²) in [6, 6.07) is 3.46. The highest BCUT2D eigenvalue weighted by Gasteiger charge is 2.09. The molecule has 1 atom stereocenters. The van der Waals surface area contributed by atoms with Crippen LogP contribution in [0.3, 0.4) is 0 Å². The molecule has 1 aromatic rings. The van der Waals surface area contributed by atoms with Gasteiger partial charge in [-0.25, -0.2) is 0 Å². The Bertz CT molecular complexity index is 355. The summed E-state index contributed by atoms with van der Waals surface area (Å²) in [5, 5.41) is 8.43. The Hall–Kier alpha value is -0.830. The number of nitrogens with zero attached hydrogens (tertiary/aromatic N) is 2. The van der Waals surface area contributed by atoms with Gasteiger partial charge in [0.1, 0.15) is 0 Å². The van der Waals surface area contributed by atoms with Crippen LogP contribution in [0.5, 0.6) is 0 Å². The maximum absolute atomic E-state index is 4.75. The number of hydrogen-bond donors (Lipinski definition) is 1. The summed E-state index contributed by atoms with van der Waals surface area (Å²) in [7, 11) is 0. The van der Waals surface area contributed by atoms with Crippen molar-refractivity contribution in [3.05, 3.63) is 18.0 Å². The quantitative estimate of drug-likeness (QED) is 0.603. The minimum absolute atomic E-state index is 0.567. The fourth-order valence-corrected chi connectivity index (χ4v) is 2.95. The molecule has 0 saturated heterocycles. The van der Waals surface area contributed by atoms with Crippen molar-refractivity contribution in [3.8, 4) is 0 Å². The van der Waals surface area contributed by atoms with Crippen LogP contribution in [-0.4, -0.2) is 22.4 Å². The summed E-state index contributed by atoms with van der Waals surface area (Å²) in [5.74, 6) is 0. The van der Waals surface area contributed by atoms with Gasteiger partial charge in [0, 0.05) is 12.2 Å². The maximum atomic E-state index is 4.75. The Morgan fingerprint density at radius 2 is 1.86 bits per heavy atom.